The van der Waals surface area contributed by atoms with E-state index in [1.54, 1.807) is 36.4 Å². The van der Waals surface area contributed by atoms with Gasteiger partial charge in [0, 0.05) is 13.1 Å². The molecular formula is C20H18Cl2N2O3. The van der Waals surface area contributed by atoms with Crippen molar-refractivity contribution in [2.24, 2.45) is 0 Å². The molecule has 0 bridgehead atoms. The van der Waals surface area contributed by atoms with E-state index in [-0.39, 0.29) is 17.9 Å². The monoisotopic (exact) mass is 404 g/mol. The SMILES string of the molecule is O=C1c2ccccc2C(=O)N1C(Cc1ccc(Cl)c(Cl)c1)C1CNCCO1. The Morgan fingerprint density at radius 1 is 1.07 bits per heavy atom. The lowest BCUT2D eigenvalue weighted by Gasteiger charge is -2.35. The molecule has 2 amide bonds. The van der Waals surface area contributed by atoms with Gasteiger partial charge in [-0.1, -0.05) is 41.4 Å². The molecule has 2 aromatic carbocycles. The van der Waals surface area contributed by atoms with Gasteiger partial charge in [0.25, 0.3) is 11.8 Å². The molecule has 7 heteroatoms. The zero-order chi connectivity index (χ0) is 19.0. The molecule has 1 N–H and O–H groups in total. The molecule has 2 unspecified atom stereocenters. The first-order valence-corrected chi connectivity index (χ1v) is 9.55. The number of amides is 2. The third-order valence-electron chi connectivity index (χ3n) is 4.97. The number of ether oxygens (including phenoxy) is 1. The van der Waals surface area contributed by atoms with Crippen LogP contribution in [0.15, 0.2) is 42.5 Å². The summed E-state index contributed by atoms with van der Waals surface area (Å²) in [7, 11) is 0. The quantitative estimate of drug-likeness (QED) is 0.794. The van der Waals surface area contributed by atoms with Crippen LogP contribution in [0.4, 0.5) is 0 Å². The van der Waals surface area contributed by atoms with E-state index >= 15 is 0 Å². The van der Waals surface area contributed by atoms with Gasteiger partial charge in [0.15, 0.2) is 0 Å². The van der Waals surface area contributed by atoms with E-state index < -0.39 is 6.04 Å². The second kappa shape index (κ2) is 7.60. The Morgan fingerprint density at radius 3 is 2.37 bits per heavy atom. The van der Waals surface area contributed by atoms with Crippen molar-refractivity contribution in [3.8, 4) is 0 Å². The minimum atomic E-state index is -0.442. The summed E-state index contributed by atoms with van der Waals surface area (Å²) in [6.07, 6.45) is 0.143. The second-order valence-corrected chi connectivity index (χ2v) is 7.47. The minimum absolute atomic E-state index is 0.283. The van der Waals surface area contributed by atoms with Gasteiger partial charge >= 0.3 is 0 Å². The average Bonchev–Trinajstić information content (AvgIpc) is 2.94. The third kappa shape index (κ3) is 3.48. The molecule has 2 aliphatic rings. The number of carbonyl (C=O) groups excluding carboxylic acids is 2. The van der Waals surface area contributed by atoms with Gasteiger partial charge in [0.05, 0.1) is 39.9 Å². The van der Waals surface area contributed by atoms with Crippen LogP contribution in [0.5, 0.6) is 0 Å². The normalized spacial score (nSPS) is 20.7. The zero-order valence-electron chi connectivity index (χ0n) is 14.5. The molecule has 4 rings (SSSR count). The number of morpholine rings is 1. The maximum absolute atomic E-state index is 13.0. The third-order valence-corrected chi connectivity index (χ3v) is 5.71. The molecule has 1 fully saturated rings. The van der Waals surface area contributed by atoms with E-state index in [4.69, 9.17) is 27.9 Å². The predicted octanol–water partition coefficient (Wildman–Crippen LogP) is 3.19. The Bertz CT molecular complexity index is 862. The summed E-state index contributed by atoms with van der Waals surface area (Å²) in [5.41, 5.74) is 1.76. The summed E-state index contributed by atoms with van der Waals surface area (Å²) in [4.78, 5) is 27.3. The number of fused-ring (bicyclic) bond motifs is 1. The summed E-state index contributed by atoms with van der Waals surface area (Å²) >= 11 is 12.2. The van der Waals surface area contributed by atoms with Gasteiger partial charge in [-0.05, 0) is 36.2 Å². The lowest BCUT2D eigenvalue weighted by Crippen LogP contribution is -2.55. The molecule has 5 nitrogen and oxygen atoms in total. The molecule has 0 saturated carbocycles. The van der Waals surface area contributed by atoms with Gasteiger partial charge in [0.1, 0.15) is 0 Å². The fourth-order valence-electron chi connectivity index (χ4n) is 3.64. The molecule has 1 saturated heterocycles. The number of rotatable bonds is 4. The first-order valence-electron chi connectivity index (χ1n) is 8.79. The average molecular weight is 405 g/mol. The topological polar surface area (TPSA) is 58.6 Å². The van der Waals surface area contributed by atoms with Crippen LogP contribution in [-0.4, -0.2) is 48.6 Å². The summed E-state index contributed by atoms with van der Waals surface area (Å²) in [6.45, 7) is 1.85. The Morgan fingerprint density at radius 2 is 1.78 bits per heavy atom. The van der Waals surface area contributed by atoms with Gasteiger partial charge in [-0.3, -0.25) is 14.5 Å². The summed E-state index contributed by atoms with van der Waals surface area (Å²) in [6, 6.07) is 11.8. The maximum atomic E-state index is 13.0. The summed E-state index contributed by atoms with van der Waals surface area (Å²) in [5.74, 6) is -0.565. The summed E-state index contributed by atoms with van der Waals surface area (Å²) in [5, 5.41) is 4.18. The lowest BCUT2D eigenvalue weighted by atomic mass is 9.98. The molecular weight excluding hydrogens is 387 g/mol. The van der Waals surface area contributed by atoms with Crippen LogP contribution < -0.4 is 5.32 Å². The van der Waals surface area contributed by atoms with E-state index in [2.05, 4.69) is 5.32 Å². The Balaban J connectivity index is 1.69. The van der Waals surface area contributed by atoms with E-state index in [0.29, 0.717) is 40.7 Å². The van der Waals surface area contributed by atoms with Gasteiger partial charge in [-0.25, -0.2) is 0 Å². The Kier molecular flexibility index (Phi) is 5.19. The van der Waals surface area contributed by atoms with Gasteiger partial charge < -0.3 is 10.1 Å². The second-order valence-electron chi connectivity index (χ2n) is 6.66. The standard InChI is InChI=1S/C20H18Cl2N2O3/c21-15-6-5-12(9-16(15)22)10-17(18-11-23-7-8-27-18)24-19(25)13-3-1-2-4-14(13)20(24)26/h1-6,9,17-18,23H,7-8,10-11H2. The number of benzene rings is 2. The number of imide groups is 1. The van der Waals surface area contributed by atoms with E-state index in [1.165, 1.54) is 4.90 Å². The predicted molar refractivity (Wildman–Crippen MR) is 104 cm³/mol. The Hall–Kier alpha value is -1.92. The maximum Gasteiger partial charge on any atom is 0.261 e. The number of nitrogens with zero attached hydrogens (tertiary/aromatic N) is 1. The highest BCUT2D eigenvalue weighted by Crippen LogP contribution is 2.30. The number of nitrogens with one attached hydrogen (secondary N) is 1. The highest BCUT2D eigenvalue weighted by Gasteiger charge is 2.43. The van der Waals surface area contributed by atoms with Crippen molar-refractivity contribution in [2.45, 2.75) is 18.6 Å². The van der Waals surface area contributed by atoms with Gasteiger partial charge in [-0.2, -0.15) is 0 Å². The molecule has 2 atom stereocenters. The minimum Gasteiger partial charge on any atom is -0.373 e. The zero-order valence-corrected chi connectivity index (χ0v) is 16.0. The van der Waals surface area contributed by atoms with E-state index in [0.717, 1.165) is 12.1 Å². The number of carbonyl (C=O) groups is 2. The molecule has 27 heavy (non-hydrogen) atoms. The molecule has 0 aliphatic carbocycles. The van der Waals surface area contributed by atoms with Crippen molar-refractivity contribution in [1.29, 1.82) is 0 Å². The van der Waals surface area contributed by atoms with Crippen molar-refractivity contribution >= 4 is 35.0 Å². The van der Waals surface area contributed by atoms with Crippen LogP contribution in [0.1, 0.15) is 26.3 Å². The van der Waals surface area contributed by atoms with Crippen LogP contribution in [0.2, 0.25) is 10.0 Å². The highest BCUT2D eigenvalue weighted by atomic mass is 35.5. The molecule has 0 aromatic heterocycles. The Labute approximate surface area is 167 Å². The van der Waals surface area contributed by atoms with Crippen LogP contribution in [-0.2, 0) is 11.2 Å². The van der Waals surface area contributed by atoms with Crippen molar-refractivity contribution in [2.75, 3.05) is 19.7 Å². The molecule has 140 valence electrons. The smallest absolute Gasteiger partial charge is 0.261 e. The number of hydrogen-bond donors (Lipinski definition) is 1. The van der Waals surface area contributed by atoms with E-state index in [9.17, 15) is 9.59 Å². The van der Waals surface area contributed by atoms with Gasteiger partial charge in [-0.15, -0.1) is 0 Å². The molecule has 2 aromatic rings. The first-order chi connectivity index (χ1) is 13.1. The van der Waals surface area contributed by atoms with Crippen LogP contribution in [0, 0.1) is 0 Å². The largest absolute Gasteiger partial charge is 0.373 e. The van der Waals surface area contributed by atoms with Crippen molar-refractivity contribution in [1.82, 2.24) is 10.2 Å². The fourth-order valence-corrected chi connectivity index (χ4v) is 3.96. The lowest BCUT2D eigenvalue weighted by molar-refractivity contribution is -0.0208. The van der Waals surface area contributed by atoms with Crippen LogP contribution in [0.25, 0.3) is 0 Å². The van der Waals surface area contributed by atoms with Crippen molar-refractivity contribution in [3.05, 3.63) is 69.2 Å². The van der Waals surface area contributed by atoms with Crippen molar-refractivity contribution in [3.63, 3.8) is 0 Å². The van der Waals surface area contributed by atoms with Gasteiger partial charge in [0.2, 0.25) is 0 Å². The van der Waals surface area contributed by atoms with Crippen molar-refractivity contribution < 1.29 is 14.3 Å². The van der Waals surface area contributed by atoms with E-state index in [1.807, 2.05) is 6.07 Å². The molecule has 0 radical (unpaired) electrons. The van der Waals surface area contributed by atoms with Crippen LogP contribution >= 0.6 is 23.2 Å². The first kappa shape index (κ1) is 18.4. The number of halogens is 2. The number of hydrogen-bond acceptors (Lipinski definition) is 4. The van der Waals surface area contributed by atoms with Crippen LogP contribution in [0.3, 0.4) is 0 Å². The molecule has 0 spiro atoms. The molecule has 2 aliphatic heterocycles. The molecule has 2 heterocycles. The summed E-state index contributed by atoms with van der Waals surface area (Å²) < 4.78 is 5.91. The fraction of sp³-hybridized carbons (Fsp3) is 0.300. The highest BCUT2D eigenvalue weighted by molar-refractivity contribution is 6.42.